The van der Waals surface area contributed by atoms with Crippen molar-refractivity contribution in [2.75, 3.05) is 0 Å². The second-order valence-electron chi connectivity index (χ2n) is 9.45. The normalized spacial score (nSPS) is 10.9. The van der Waals surface area contributed by atoms with Gasteiger partial charge in [0, 0.05) is 22.8 Å². The SMILES string of the molecule is O=C(OCc1ccccc1)c1ccc(-c2cn(-c3ccc(F)cc3)c3cccc(OCc4ccccc4)c23)cc1. The molecule has 0 saturated carbocycles. The van der Waals surface area contributed by atoms with Gasteiger partial charge in [-0.15, -0.1) is 0 Å². The summed E-state index contributed by atoms with van der Waals surface area (Å²) in [6, 6.07) is 39.3. The van der Waals surface area contributed by atoms with Crippen molar-refractivity contribution in [3.63, 3.8) is 0 Å². The Morgan fingerprint density at radius 1 is 0.675 bits per heavy atom. The van der Waals surface area contributed by atoms with Gasteiger partial charge < -0.3 is 14.0 Å². The molecule has 4 nitrogen and oxygen atoms in total. The van der Waals surface area contributed by atoms with E-state index in [0.29, 0.717) is 12.2 Å². The summed E-state index contributed by atoms with van der Waals surface area (Å²) in [5.41, 5.74) is 6.09. The van der Waals surface area contributed by atoms with Crippen LogP contribution < -0.4 is 4.74 Å². The summed E-state index contributed by atoms with van der Waals surface area (Å²) in [6.45, 7) is 0.641. The van der Waals surface area contributed by atoms with Gasteiger partial charge in [-0.3, -0.25) is 0 Å². The molecule has 1 aromatic heterocycles. The van der Waals surface area contributed by atoms with Gasteiger partial charge in [-0.25, -0.2) is 9.18 Å². The van der Waals surface area contributed by atoms with Crippen LogP contribution in [-0.4, -0.2) is 10.5 Å². The molecule has 0 amide bonds. The predicted molar refractivity (Wildman–Crippen MR) is 155 cm³/mol. The molecule has 0 spiro atoms. The second kappa shape index (κ2) is 11.3. The van der Waals surface area contributed by atoms with Crippen molar-refractivity contribution in [2.45, 2.75) is 13.2 Å². The summed E-state index contributed by atoms with van der Waals surface area (Å²) in [4.78, 5) is 12.7. The summed E-state index contributed by atoms with van der Waals surface area (Å²) >= 11 is 0. The number of benzene rings is 5. The number of nitrogens with zero attached hydrogens (tertiary/aromatic N) is 1. The topological polar surface area (TPSA) is 40.5 Å². The van der Waals surface area contributed by atoms with E-state index in [1.807, 2.05) is 102 Å². The molecule has 0 atom stereocenters. The highest BCUT2D eigenvalue weighted by Gasteiger charge is 2.17. The van der Waals surface area contributed by atoms with E-state index < -0.39 is 0 Å². The smallest absolute Gasteiger partial charge is 0.338 e. The lowest BCUT2D eigenvalue weighted by molar-refractivity contribution is 0.0472. The first-order valence-electron chi connectivity index (χ1n) is 13.0. The van der Waals surface area contributed by atoms with Crippen LogP contribution in [0.2, 0.25) is 0 Å². The number of hydrogen-bond donors (Lipinski definition) is 0. The highest BCUT2D eigenvalue weighted by molar-refractivity contribution is 6.02. The number of fused-ring (bicyclic) bond motifs is 1. The highest BCUT2D eigenvalue weighted by Crippen LogP contribution is 2.39. The first kappa shape index (κ1) is 25.1. The predicted octanol–water partition coefficient (Wildman–Crippen LogP) is 8.37. The molecule has 0 saturated heterocycles. The van der Waals surface area contributed by atoms with Crippen molar-refractivity contribution in [2.24, 2.45) is 0 Å². The first-order chi connectivity index (χ1) is 19.7. The van der Waals surface area contributed by atoms with Crippen LogP contribution in [0.15, 0.2) is 134 Å². The number of halogens is 1. The lowest BCUT2D eigenvalue weighted by Gasteiger charge is -2.11. The fourth-order valence-corrected chi connectivity index (χ4v) is 4.74. The minimum atomic E-state index is -0.379. The number of rotatable bonds is 8. The van der Waals surface area contributed by atoms with Gasteiger partial charge in [0.25, 0.3) is 0 Å². The van der Waals surface area contributed by atoms with E-state index in [1.165, 1.54) is 12.1 Å². The van der Waals surface area contributed by atoms with Gasteiger partial charge in [0.15, 0.2) is 0 Å². The Labute approximate surface area is 231 Å². The van der Waals surface area contributed by atoms with E-state index in [1.54, 1.807) is 24.3 Å². The van der Waals surface area contributed by atoms with Gasteiger partial charge in [-0.1, -0.05) is 78.9 Å². The van der Waals surface area contributed by atoms with Crippen LogP contribution in [0.25, 0.3) is 27.7 Å². The molecule has 40 heavy (non-hydrogen) atoms. The molecule has 0 fully saturated rings. The monoisotopic (exact) mass is 527 g/mol. The van der Waals surface area contributed by atoms with Gasteiger partial charge in [0.2, 0.25) is 0 Å². The number of ether oxygens (including phenoxy) is 2. The zero-order chi connectivity index (χ0) is 27.3. The average Bonchev–Trinajstić information content (AvgIpc) is 3.41. The molecular weight excluding hydrogens is 501 g/mol. The molecule has 0 unspecified atom stereocenters. The lowest BCUT2D eigenvalue weighted by atomic mass is 10.0. The van der Waals surface area contributed by atoms with Gasteiger partial charge in [-0.2, -0.15) is 0 Å². The lowest BCUT2D eigenvalue weighted by Crippen LogP contribution is -2.05. The second-order valence-corrected chi connectivity index (χ2v) is 9.45. The summed E-state index contributed by atoms with van der Waals surface area (Å²) in [6.07, 6.45) is 2.02. The van der Waals surface area contributed by atoms with Crippen LogP contribution in [0.5, 0.6) is 5.75 Å². The van der Waals surface area contributed by atoms with E-state index >= 15 is 0 Å². The Hall–Kier alpha value is -5.16. The highest BCUT2D eigenvalue weighted by atomic mass is 19.1. The molecule has 5 aromatic carbocycles. The minimum Gasteiger partial charge on any atom is -0.488 e. The van der Waals surface area contributed by atoms with Gasteiger partial charge in [-0.05, 0) is 65.2 Å². The van der Waals surface area contributed by atoms with Crippen LogP contribution in [0, 0.1) is 5.82 Å². The van der Waals surface area contributed by atoms with E-state index in [2.05, 4.69) is 0 Å². The van der Waals surface area contributed by atoms with E-state index in [9.17, 15) is 9.18 Å². The Morgan fingerprint density at radius 2 is 1.32 bits per heavy atom. The van der Waals surface area contributed by atoms with E-state index in [4.69, 9.17) is 9.47 Å². The molecule has 0 aliphatic heterocycles. The van der Waals surface area contributed by atoms with Crippen molar-refractivity contribution < 1.29 is 18.7 Å². The van der Waals surface area contributed by atoms with E-state index in [0.717, 1.165) is 44.6 Å². The third-order valence-electron chi connectivity index (χ3n) is 6.78. The van der Waals surface area contributed by atoms with Crippen LogP contribution in [0.4, 0.5) is 4.39 Å². The van der Waals surface area contributed by atoms with Gasteiger partial charge >= 0.3 is 5.97 Å². The van der Waals surface area contributed by atoms with Gasteiger partial charge in [0.05, 0.1) is 11.1 Å². The maximum absolute atomic E-state index is 13.7. The first-order valence-corrected chi connectivity index (χ1v) is 13.0. The van der Waals surface area contributed by atoms with Crippen LogP contribution in [-0.2, 0) is 18.0 Å². The summed E-state index contributed by atoms with van der Waals surface area (Å²) in [7, 11) is 0. The molecule has 196 valence electrons. The molecule has 0 N–H and O–H groups in total. The van der Waals surface area contributed by atoms with Crippen LogP contribution in [0.3, 0.4) is 0 Å². The molecule has 0 bridgehead atoms. The summed E-state index contributed by atoms with van der Waals surface area (Å²) < 4.78 is 27.6. The van der Waals surface area contributed by atoms with Crippen molar-refractivity contribution in [3.8, 4) is 22.6 Å². The third-order valence-corrected chi connectivity index (χ3v) is 6.78. The van der Waals surface area contributed by atoms with E-state index in [-0.39, 0.29) is 18.4 Å². The Morgan fingerprint density at radius 3 is 2.00 bits per heavy atom. The summed E-state index contributed by atoms with van der Waals surface area (Å²) in [5, 5.41) is 0.933. The molecule has 5 heteroatoms. The molecule has 6 aromatic rings. The number of aromatic nitrogens is 1. The molecule has 6 rings (SSSR count). The summed E-state index contributed by atoms with van der Waals surface area (Å²) in [5.74, 6) is 0.0710. The van der Waals surface area contributed by atoms with Crippen molar-refractivity contribution in [1.29, 1.82) is 0 Å². The number of esters is 1. The maximum atomic E-state index is 13.7. The van der Waals surface area contributed by atoms with Crippen LogP contribution >= 0.6 is 0 Å². The largest absolute Gasteiger partial charge is 0.488 e. The zero-order valence-electron chi connectivity index (χ0n) is 21.7. The Kier molecular flexibility index (Phi) is 7.10. The number of hydrogen-bond acceptors (Lipinski definition) is 3. The molecule has 0 radical (unpaired) electrons. The maximum Gasteiger partial charge on any atom is 0.338 e. The Balaban J connectivity index is 1.35. The van der Waals surface area contributed by atoms with Crippen molar-refractivity contribution in [3.05, 3.63) is 156 Å². The molecule has 0 aliphatic rings. The fourth-order valence-electron chi connectivity index (χ4n) is 4.74. The molecule has 1 heterocycles. The minimum absolute atomic E-state index is 0.217. The molecule has 0 aliphatic carbocycles. The Bertz CT molecular complexity index is 1740. The zero-order valence-corrected chi connectivity index (χ0v) is 21.7. The quantitative estimate of drug-likeness (QED) is 0.187. The van der Waals surface area contributed by atoms with Crippen LogP contribution in [0.1, 0.15) is 21.5 Å². The third kappa shape index (κ3) is 5.36. The standard InChI is InChI=1S/C35H26FNO3/c36-29-18-20-30(21-19-29)37-22-31(34-32(37)12-7-13-33(34)39-23-25-8-3-1-4-9-25)27-14-16-28(17-15-27)35(38)40-24-26-10-5-2-6-11-26/h1-22H,23-24H2. The molecular formula is C35H26FNO3. The average molecular weight is 528 g/mol. The number of carbonyl (C=O) groups excluding carboxylic acids is 1. The fraction of sp³-hybridized carbons (Fsp3) is 0.0571. The van der Waals surface area contributed by atoms with Gasteiger partial charge in [0.1, 0.15) is 24.8 Å². The van der Waals surface area contributed by atoms with Crippen molar-refractivity contribution >= 4 is 16.9 Å². The number of carbonyl (C=O) groups is 1. The van der Waals surface area contributed by atoms with Crippen molar-refractivity contribution in [1.82, 2.24) is 4.57 Å².